The summed E-state index contributed by atoms with van der Waals surface area (Å²) in [7, 11) is 1.98. The van der Waals surface area contributed by atoms with Crippen molar-refractivity contribution in [2.45, 2.75) is 19.3 Å². The van der Waals surface area contributed by atoms with Crippen molar-refractivity contribution in [2.24, 2.45) is 7.05 Å². The third kappa shape index (κ3) is 6.59. The predicted octanol–water partition coefficient (Wildman–Crippen LogP) is 7.01. The van der Waals surface area contributed by atoms with Crippen LogP contribution in [-0.4, -0.2) is 37.0 Å². The Labute approximate surface area is 255 Å². The second-order valence-corrected chi connectivity index (χ2v) is 9.90. The van der Waals surface area contributed by atoms with Crippen LogP contribution in [0.1, 0.15) is 19.3 Å². The number of imidazole rings is 1. The molecule has 7 heteroatoms. The summed E-state index contributed by atoms with van der Waals surface area (Å²) >= 11 is 0. The Morgan fingerprint density at radius 3 is 2.24 bits per heavy atom. The molecular formula is C34H32IrN6-2. The minimum absolute atomic E-state index is 0. The minimum atomic E-state index is 0. The molecule has 41 heavy (non-hydrogen) atoms. The molecule has 1 aliphatic heterocycles. The van der Waals surface area contributed by atoms with Gasteiger partial charge in [0.25, 0.3) is 0 Å². The Bertz CT molecular complexity index is 1590. The first kappa shape index (κ1) is 28.3. The fourth-order valence-electron chi connectivity index (χ4n) is 5.10. The topological polar surface area (TPSA) is 43.8 Å². The molecule has 4 heterocycles. The molecule has 0 spiro atoms. The first-order valence-electron chi connectivity index (χ1n) is 13.8. The normalized spacial score (nSPS) is 12.8. The van der Waals surface area contributed by atoms with Crippen LogP contribution in [0.15, 0.2) is 116 Å². The summed E-state index contributed by atoms with van der Waals surface area (Å²) in [4.78, 5) is 7.06. The smallest absolute Gasteiger partial charge is 0.0617 e. The molecule has 0 N–H and O–H groups in total. The molecule has 0 bridgehead atoms. The number of piperidine rings is 1. The molecule has 0 atom stereocenters. The van der Waals surface area contributed by atoms with Gasteiger partial charge in [0.15, 0.2) is 0 Å². The summed E-state index contributed by atoms with van der Waals surface area (Å²) in [5, 5.41) is 4.35. The molecule has 1 aliphatic rings. The molecule has 1 fully saturated rings. The molecule has 0 aliphatic carbocycles. The van der Waals surface area contributed by atoms with Gasteiger partial charge in [-0.2, -0.15) is 35.4 Å². The molecule has 0 amide bonds. The summed E-state index contributed by atoms with van der Waals surface area (Å²) in [5.41, 5.74) is 6.75. The van der Waals surface area contributed by atoms with Crippen LogP contribution in [0, 0.1) is 12.3 Å². The van der Waals surface area contributed by atoms with Crippen LogP contribution < -0.4 is 4.90 Å². The van der Waals surface area contributed by atoms with Crippen LogP contribution in [0.3, 0.4) is 0 Å². The molecule has 0 unspecified atom stereocenters. The van der Waals surface area contributed by atoms with Crippen LogP contribution >= 0.6 is 0 Å². The SMILES string of the molecule is Cn1[c-]c(-c2nccn2-c2ccccc2N2CCCCC2)cc1.[Ir].[c-]1ccccc1-n1cc(-c2ccccc2)cn1. The van der Waals surface area contributed by atoms with Crippen molar-refractivity contribution >= 4 is 5.69 Å². The van der Waals surface area contributed by atoms with Crippen molar-refractivity contribution in [1.82, 2.24) is 23.9 Å². The molecule has 3 aromatic heterocycles. The van der Waals surface area contributed by atoms with E-state index < -0.39 is 0 Å². The summed E-state index contributed by atoms with van der Waals surface area (Å²) in [6, 6.07) is 31.9. The number of benzene rings is 3. The van der Waals surface area contributed by atoms with Gasteiger partial charge in [0.2, 0.25) is 0 Å². The fourth-order valence-corrected chi connectivity index (χ4v) is 5.10. The van der Waals surface area contributed by atoms with Gasteiger partial charge >= 0.3 is 0 Å². The van der Waals surface area contributed by atoms with E-state index in [9.17, 15) is 0 Å². The Hall–Kier alpha value is -4.19. The van der Waals surface area contributed by atoms with Crippen LogP contribution in [0.4, 0.5) is 5.69 Å². The van der Waals surface area contributed by atoms with E-state index in [-0.39, 0.29) is 20.1 Å². The van der Waals surface area contributed by atoms with Gasteiger partial charge in [-0.1, -0.05) is 54.2 Å². The van der Waals surface area contributed by atoms with E-state index in [1.807, 2.05) is 89.7 Å². The molecule has 6 nitrogen and oxygen atoms in total. The largest absolute Gasteiger partial charge is 0.442 e. The van der Waals surface area contributed by atoms with Crippen LogP contribution in [-0.2, 0) is 27.2 Å². The van der Waals surface area contributed by atoms with Gasteiger partial charge in [-0.25, -0.2) is 0 Å². The average molecular weight is 717 g/mol. The van der Waals surface area contributed by atoms with E-state index in [4.69, 9.17) is 0 Å². The zero-order valence-electron chi connectivity index (χ0n) is 23.0. The van der Waals surface area contributed by atoms with E-state index >= 15 is 0 Å². The van der Waals surface area contributed by atoms with Crippen LogP contribution in [0.5, 0.6) is 0 Å². The monoisotopic (exact) mass is 717 g/mol. The van der Waals surface area contributed by atoms with E-state index in [0.717, 1.165) is 35.7 Å². The third-order valence-electron chi connectivity index (χ3n) is 7.11. The number of hydrogen-bond acceptors (Lipinski definition) is 3. The van der Waals surface area contributed by atoms with Gasteiger partial charge in [0.1, 0.15) is 0 Å². The molecule has 7 rings (SSSR count). The van der Waals surface area contributed by atoms with Crippen molar-refractivity contribution in [2.75, 3.05) is 18.0 Å². The summed E-state index contributed by atoms with van der Waals surface area (Å²) < 4.78 is 5.95. The Morgan fingerprint density at radius 1 is 0.756 bits per heavy atom. The van der Waals surface area contributed by atoms with Crippen molar-refractivity contribution in [3.05, 3.63) is 128 Å². The van der Waals surface area contributed by atoms with Crippen molar-refractivity contribution in [1.29, 1.82) is 0 Å². The van der Waals surface area contributed by atoms with Crippen LogP contribution in [0.2, 0.25) is 0 Å². The first-order valence-corrected chi connectivity index (χ1v) is 13.8. The zero-order valence-corrected chi connectivity index (χ0v) is 25.4. The number of rotatable bonds is 5. The summed E-state index contributed by atoms with van der Waals surface area (Å²) in [5.74, 6) is 0.940. The van der Waals surface area contributed by atoms with Crippen molar-refractivity contribution in [3.8, 4) is 33.9 Å². The molecule has 6 aromatic rings. The Balaban J connectivity index is 0.000000168. The van der Waals surface area contributed by atoms with Crippen LogP contribution in [0.25, 0.3) is 33.9 Å². The van der Waals surface area contributed by atoms with Gasteiger partial charge in [-0.3, -0.25) is 9.67 Å². The van der Waals surface area contributed by atoms with Gasteiger partial charge in [0, 0.05) is 57.3 Å². The van der Waals surface area contributed by atoms with E-state index in [1.54, 1.807) is 0 Å². The van der Waals surface area contributed by atoms with E-state index in [1.165, 1.54) is 36.2 Å². The van der Waals surface area contributed by atoms with Crippen molar-refractivity contribution in [3.63, 3.8) is 0 Å². The average Bonchev–Trinajstić information content (AvgIpc) is 3.80. The third-order valence-corrected chi connectivity index (χ3v) is 7.11. The molecule has 1 radical (unpaired) electrons. The summed E-state index contributed by atoms with van der Waals surface area (Å²) in [6.07, 6.45) is 17.0. The number of nitrogens with zero attached hydrogens (tertiary/aromatic N) is 6. The zero-order chi connectivity index (χ0) is 27.1. The predicted molar refractivity (Wildman–Crippen MR) is 161 cm³/mol. The molecule has 209 valence electrons. The maximum absolute atomic E-state index is 4.56. The van der Waals surface area contributed by atoms with E-state index in [0.29, 0.717) is 0 Å². The number of para-hydroxylation sites is 3. The van der Waals surface area contributed by atoms with Gasteiger partial charge in [-0.15, -0.1) is 12.3 Å². The molecule has 0 saturated carbocycles. The second-order valence-electron chi connectivity index (χ2n) is 9.90. The van der Waals surface area contributed by atoms with Crippen molar-refractivity contribution < 1.29 is 20.1 Å². The first-order chi connectivity index (χ1) is 19.8. The standard InChI is InChI=1S/C19H21N4.C15H11N2.Ir/c1-21-13-9-16(15-21)19-20-10-14-23(19)18-8-4-3-7-17(18)22-11-5-2-6-12-22;1-3-7-13(8-4-1)14-11-16-17(12-14)15-9-5-2-6-10-15;/h3-4,7-10,13-14H,2,5-6,11-12H2,1H3;1-9,11-12H;/q2*-1;. The number of anilines is 1. The fraction of sp³-hybridized carbons (Fsp3) is 0.176. The van der Waals surface area contributed by atoms with E-state index in [2.05, 4.69) is 74.3 Å². The van der Waals surface area contributed by atoms with Gasteiger partial charge in [0.05, 0.1) is 23.4 Å². The van der Waals surface area contributed by atoms with Gasteiger partial charge in [-0.05, 0) is 49.7 Å². The minimum Gasteiger partial charge on any atom is -0.442 e. The quantitative estimate of drug-likeness (QED) is 0.181. The number of aryl methyl sites for hydroxylation is 1. The molecule has 3 aromatic carbocycles. The Kier molecular flexibility index (Phi) is 9.29. The Morgan fingerprint density at radius 2 is 1.51 bits per heavy atom. The maximum Gasteiger partial charge on any atom is 0.0617 e. The second kappa shape index (κ2) is 13.4. The molecule has 1 saturated heterocycles. The number of hydrogen-bond donors (Lipinski definition) is 0. The summed E-state index contributed by atoms with van der Waals surface area (Å²) in [6.45, 7) is 2.27. The number of aromatic nitrogens is 5. The van der Waals surface area contributed by atoms with Gasteiger partial charge < -0.3 is 14.0 Å². The maximum atomic E-state index is 4.56. The molecular weight excluding hydrogens is 685 g/mol.